The molecule has 2 atom stereocenters. The number of halogens is 1. The largest absolute Gasteiger partial charge is 0.432 e. The minimum Gasteiger partial charge on any atom is -0.432 e. The number of fused-ring (bicyclic) bond motifs is 3. The molecule has 0 N–H and O–H groups in total. The van der Waals surface area contributed by atoms with Gasteiger partial charge in [0.2, 0.25) is 0 Å². The summed E-state index contributed by atoms with van der Waals surface area (Å²) in [4.78, 5) is 4.60. The summed E-state index contributed by atoms with van der Waals surface area (Å²) in [5.74, 6) is 0. The zero-order chi connectivity index (χ0) is 23.8. The maximum Gasteiger partial charge on any atom is 0.383 e. The van der Waals surface area contributed by atoms with E-state index in [2.05, 4.69) is 39.9 Å². The Balaban J connectivity index is 1.22. The van der Waals surface area contributed by atoms with Gasteiger partial charge in [0.15, 0.2) is 0 Å². The topological polar surface area (TPSA) is 53.4 Å². The Morgan fingerprint density at radius 1 is 0.914 bits per heavy atom. The molecular weight excluding hydrogens is 479 g/mol. The van der Waals surface area contributed by atoms with E-state index < -0.39 is 13.7 Å². The fraction of sp³-hybridized carbons (Fsp3) is 0.107. The van der Waals surface area contributed by atoms with Crippen LogP contribution in [-0.2, 0) is 26.3 Å². The van der Waals surface area contributed by atoms with Gasteiger partial charge in [0.25, 0.3) is 0 Å². The fourth-order valence-corrected chi connectivity index (χ4v) is 6.40. The van der Waals surface area contributed by atoms with Crippen molar-refractivity contribution in [3.8, 4) is 0 Å². The molecule has 1 aliphatic rings. The number of hydrogen-bond donors (Lipinski definition) is 0. The zero-order valence-corrected chi connectivity index (χ0v) is 20.4. The van der Waals surface area contributed by atoms with Crippen molar-refractivity contribution in [3.05, 3.63) is 125 Å². The highest BCUT2D eigenvalue weighted by atomic mass is 35.5. The summed E-state index contributed by atoms with van der Waals surface area (Å²) in [7, 11) is -3.35. The van der Waals surface area contributed by atoms with Crippen LogP contribution in [0.5, 0.6) is 0 Å². The van der Waals surface area contributed by atoms with Crippen LogP contribution in [0.4, 0.5) is 0 Å². The Hall–Kier alpha value is -3.37. The highest BCUT2D eigenvalue weighted by molar-refractivity contribution is 7.53. The molecule has 1 aliphatic heterocycles. The van der Waals surface area contributed by atoms with Crippen LogP contribution >= 0.6 is 19.2 Å². The lowest BCUT2D eigenvalue weighted by molar-refractivity contribution is 0.185. The fourth-order valence-electron chi connectivity index (χ4n) is 4.55. The molecule has 5 aromatic rings. The number of hydrogen-bond acceptors (Lipinski definition) is 4. The molecule has 2 aromatic heterocycles. The molecule has 3 aromatic carbocycles. The number of aromatic nitrogens is 2. The Morgan fingerprint density at radius 2 is 1.71 bits per heavy atom. The number of para-hydroxylation sites is 1. The Labute approximate surface area is 208 Å². The molecule has 3 heterocycles. The summed E-state index contributed by atoms with van der Waals surface area (Å²) in [6.45, 7) is 0.709. The van der Waals surface area contributed by atoms with Crippen molar-refractivity contribution in [3.63, 3.8) is 0 Å². The molecular formula is C28H22ClN2O3P. The smallest absolute Gasteiger partial charge is 0.383 e. The van der Waals surface area contributed by atoms with Gasteiger partial charge < -0.3 is 9.09 Å². The highest BCUT2D eigenvalue weighted by Crippen LogP contribution is 2.57. The first kappa shape index (κ1) is 22.1. The van der Waals surface area contributed by atoms with Crippen molar-refractivity contribution in [2.75, 3.05) is 0 Å². The summed E-state index contributed by atoms with van der Waals surface area (Å²) < 4.78 is 27.0. The highest BCUT2D eigenvalue weighted by Gasteiger charge is 2.32. The molecule has 0 aliphatic carbocycles. The van der Waals surface area contributed by atoms with Gasteiger partial charge in [0.05, 0.1) is 29.0 Å². The molecule has 35 heavy (non-hydrogen) atoms. The SMILES string of the molecule is O=P1(Cc2ccc(Cn3c4ccccc4c4ncccc43)cc2)OC=CC(c2cccc(Cl)c2)O1. The van der Waals surface area contributed by atoms with Crippen LogP contribution in [0.1, 0.15) is 22.8 Å². The summed E-state index contributed by atoms with van der Waals surface area (Å²) in [5, 5.41) is 1.75. The van der Waals surface area contributed by atoms with Gasteiger partial charge in [0, 0.05) is 23.2 Å². The molecule has 0 amide bonds. The third kappa shape index (κ3) is 4.39. The maximum absolute atomic E-state index is 13.4. The van der Waals surface area contributed by atoms with Crippen molar-refractivity contribution in [1.29, 1.82) is 0 Å². The van der Waals surface area contributed by atoms with Crippen LogP contribution in [0.3, 0.4) is 0 Å². The Bertz CT molecular complexity index is 1560. The number of rotatable bonds is 5. The molecule has 0 saturated carbocycles. The van der Waals surface area contributed by atoms with Crippen molar-refractivity contribution in [1.82, 2.24) is 9.55 Å². The van der Waals surface area contributed by atoms with Gasteiger partial charge in [-0.1, -0.05) is 66.2 Å². The monoisotopic (exact) mass is 500 g/mol. The molecule has 5 nitrogen and oxygen atoms in total. The second-order valence-corrected chi connectivity index (χ2v) is 11.0. The molecule has 0 bridgehead atoms. The minimum absolute atomic E-state index is 0.188. The standard InChI is InChI=1S/C28H22ClN2O3P/c29-23-6-3-5-22(17-23)27-14-16-33-35(32,34-27)19-21-12-10-20(11-13-21)18-31-25-8-2-1-7-24(25)28-26(31)9-4-15-30-28/h1-17,27H,18-19H2. The summed E-state index contributed by atoms with van der Waals surface area (Å²) >= 11 is 6.11. The Morgan fingerprint density at radius 3 is 2.57 bits per heavy atom. The van der Waals surface area contributed by atoms with Gasteiger partial charge in [-0.15, -0.1) is 0 Å². The maximum atomic E-state index is 13.4. The van der Waals surface area contributed by atoms with E-state index in [9.17, 15) is 4.57 Å². The van der Waals surface area contributed by atoms with Crippen molar-refractivity contribution in [2.45, 2.75) is 18.8 Å². The quantitative estimate of drug-likeness (QED) is 0.230. The molecule has 0 saturated heterocycles. The average molecular weight is 501 g/mol. The van der Waals surface area contributed by atoms with E-state index >= 15 is 0 Å². The molecule has 7 heteroatoms. The van der Waals surface area contributed by atoms with Crippen LogP contribution in [0.25, 0.3) is 21.9 Å². The number of nitrogens with zero attached hydrogens (tertiary/aromatic N) is 2. The van der Waals surface area contributed by atoms with Gasteiger partial charge in [-0.3, -0.25) is 9.51 Å². The third-order valence-electron chi connectivity index (χ3n) is 6.19. The predicted molar refractivity (Wildman–Crippen MR) is 140 cm³/mol. The van der Waals surface area contributed by atoms with E-state index in [1.165, 1.54) is 6.26 Å². The first-order valence-electron chi connectivity index (χ1n) is 11.4. The molecule has 0 spiro atoms. The van der Waals surface area contributed by atoms with Gasteiger partial charge in [-0.25, -0.2) is 4.57 Å². The summed E-state index contributed by atoms with van der Waals surface area (Å²) in [6, 6.07) is 27.8. The normalized spacial score (nSPS) is 19.7. The second kappa shape index (κ2) is 9.01. The van der Waals surface area contributed by atoms with Gasteiger partial charge >= 0.3 is 7.60 Å². The van der Waals surface area contributed by atoms with Crippen LogP contribution < -0.4 is 0 Å². The molecule has 0 radical (unpaired) electrons. The minimum atomic E-state index is -3.35. The third-order valence-corrected chi connectivity index (χ3v) is 8.17. The predicted octanol–water partition coefficient (Wildman–Crippen LogP) is 7.89. The second-order valence-electron chi connectivity index (χ2n) is 8.57. The van der Waals surface area contributed by atoms with Gasteiger partial charge in [-0.05, 0) is 53.1 Å². The van der Waals surface area contributed by atoms with Crippen molar-refractivity contribution < 1.29 is 13.6 Å². The van der Waals surface area contributed by atoms with E-state index in [0.29, 0.717) is 11.6 Å². The molecule has 0 fully saturated rings. The van der Waals surface area contributed by atoms with E-state index in [1.807, 2.05) is 54.7 Å². The van der Waals surface area contributed by atoms with Crippen LogP contribution in [0.15, 0.2) is 103 Å². The zero-order valence-electron chi connectivity index (χ0n) is 18.8. The average Bonchev–Trinajstić information content (AvgIpc) is 3.19. The van der Waals surface area contributed by atoms with Crippen LogP contribution in [0.2, 0.25) is 5.02 Å². The first-order valence-corrected chi connectivity index (χ1v) is 13.5. The van der Waals surface area contributed by atoms with E-state index in [0.717, 1.165) is 38.6 Å². The van der Waals surface area contributed by atoms with Crippen LogP contribution in [-0.4, -0.2) is 9.55 Å². The molecule has 6 rings (SSSR count). The van der Waals surface area contributed by atoms with E-state index in [4.69, 9.17) is 20.6 Å². The Kier molecular flexibility index (Phi) is 5.69. The van der Waals surface area contributed by atoms with Crippen molar-refractivity contribution >= 4 is 41.1 Å². The van der Waals surface area contributed by atoms with Crippen molar-refractivity contribution in [2.24, 2.45) is 0 Å². The lowest BCUT2D eigenvalue weighted by Crippen LogP contribution is -2.07. The molecule has 2 unspecified atom stereocenters. The lowest BCUT2D eigenvalue weighted by Gasteiger charge is -2.26. The summed E-state index contributed by atoms with van der Waals surface area (Å²) in [5.41, 5.74) is 6.13. The van der Waals surface area contributed by atoms with Gasteiger partial charge in [-0.2, -0.15) is 0 Å². The number of benzene rings is 3. The van der Waals surface area contributed by atoms with E-state index in [1.54, 1.807) is 12.1 Å². The number of pyridine rings is 1. The van der Waals surface area contributed by atoms with Crippen LogP contribution in [0, 0.1) is 0 Å². The lowest BCUT2D eigenvalue weighted by atomic mass is 10.1. The van der Waals surface area contributed by atoms with Gasteiger partial charge in [0.1, 0.15) is 6.10 Å². The first-order chi connectivity index (χ1) is 17.1. The summed E-state index contributed by atoms with van der Waals surface area (Å²) in [6.07, 6.45) is 4.77. The van der Waals surface area contributed by atoms with E-state index in [-0.39, 0.29) is 6.16 Å². The molecule has 174 valence electrons.